The van der Waals surface area contributed by atoms with Crippen LogP contribution in [-0.4, -0.2) is 78.0 Å². The molecule has 2 fully saturated rings. The molecule has 2 saturated heterocycles. The van der Waals surface area contributed by atoms with Gasteiger partial charge in [-0.05, 0) is 33.6 Å². The molecule has 1 amide bonds. The van der Waals surface area contributed by atoms with Gasteiger partial charge < -0.3 is 20.1 Å². The summed E-state index contributed by atoms with van der Waals surface area (Å²) in [6.07, 6.45) is 0.971. The lowest BCUT2D eigenvalue weighted by Gasteiger charge is -2.42. The first-order valence-electron chi connectivity index (χ1n) is 7.91. The molecular weight excluding hydrogens is 270 g/mol. The SMILES string of the molecule is CC(C)(C)OC(=O)N1CCC(O)(CN2CCNCC2)CC1. The van der Waals surface area contributed by atoms with Crippen molar-refractivity contribution in [3.05, 3.63) is 0 Å². The fourth-order valence-electron chi connectivity index (χ4n) is 2.88. The quantitative estimate of drug-likeness (QED) is 0.784. The van der Waals surface area contributed by atoms with Gasteiger partial charge >= 0.3 is 6.09 Å². The average molecular weight is 299 g/mol. The van der Waals surface area contributed by atoms with Gasteiger partial charge in [0.05, 0.1) is 5.60 Å². The van der Waals surface area contributed by atoms with Gasteiger partial charge in [-0.15, -0.1) is 0 Å². The Kier molecular flexibility index (Phi) is 5.11. The summed E-state index contributed by atoms with van der Waals surface area (Å²) in [5, 5.41) is 14.0. The van der Waals surface area contributed by atoms with Crippen LogP contribution >= 0.6 is 0 Å². The molecule has 6 nitrogen and oxygen atoms in total. The monoisotopic (exact) mass is 299 g/mol. The minimum atomic E-state index is -0.671. The van der Waals surface area contributed by atoms with Crippen molar-refractivity contribution < 1.29 is 14.6 Å². The number of β-amino-alcohol motifs (C(OH)–C–C–N with tert-alkyl or cyclic N) is 1. The third kappa shape index (κ3) is 5.13. The van der Waals surface area contributed by atoms with Gasteiger partial charge in [-0.3, -0.25) is 4.90 Å². The number of amides is 1. The molecule has 2 aliphatic rings. The van der Waals surface area contributed by atoms with E-state index in [1.807, 2.05) is 20.8 Å². The molecule has 0 aromatic carbocycles. The van der Waals surface area contributed by atoms with Crippen LogP contribution < -0.4 is 5.32 Å². The van der Waals surface area contributed by atoms with Crippen LogP contribution in [0.15, 0.2) is 0 Å². The van der Waals surface area contributed by atoms with Crippen molar-refractivity contribution in [3.8, 4) is 0 Å². The smallest absolute Gasteiger partial charge is 0.410 e. The Bertz CT molecular complexity index is 354. The molecule has 122 valence electrons. The van der Waals surface area contributed by atoms with Crippen LogP contribution in [0.4, 0.5) is 4.79 Å². The lowest BCUT2D eigenvalue weighted by atomic mass is 9.90. The summed E-state index contributed by atoms with van der Waals surface area (Å²) in [5.74, 6) is 0. The Labute approximate surface area is 127 Å². The highest BCUT2D eigenvalue weighted by molar-refractivity contribution is 5.68. The number of carbonyl (C=O) groups excluding carboxylic acids is 1. The van der Waals surface area contributed by atoms with Crippen molar-refractivity contribution in [2.24, 2.45) is 0 Å². The van der Waals surface area contributed by atoms with Gasteiger partial charge in [0.25, 0.3) is 0 Å². The standard InChI is InChI=1S/C15H29N3O3/c1-14(2,3)21-13(19)18-8-4-15(20,5-9-18)12-17-10-6-16-7-11-17/h16,20H,4-12H2,1-3H3. The molecular formula is C15H29N3O3. The number of piperazine rings is 1. The molecule has 2 heterocycles. The maximum absolute atomic E-state index is 12.0. The molecule has 2 rings (SSSR count). The summed E-state index contributed by atoms with van der Waals surface area (Å²) < 4.78 is 5.38. The number of hydrogen-bond acceptors (Lipinski definition) is 5. The Balaban J connectivity index is 1.80. The van der Waals surface area contributed by atoms with Crippen molar-refractivity contribution in [2.45, 2.75) is 44.8 Å². The van der Waals surface area contributed by atoms with Crippen molar-refractivity contribution in [1.29, 1.82) is 0 Å². The van der Waals surface area contributed by atoms with Gasteiger partial charge in [0, 0.05) is 45.8 Å². The van der Waals surface area contributed by atoms with Gasteiger partial charge in [0.1, 0.15) is 5.60 Å². The van der Waals surface area contributed by atoms with Gasteiger partial charge in [-0.1, -0.05) is 0 Å². The lowest BCUT2D eigenvalue weighted by Crippen LogP contribution is -2.55. The Morgan fingerprint density at radius 2 is 1.76 bits per heavy atom. The van der Waals surface area contributed by atoms with E-state index in [1.165, 1.54) is 0 Å². The number of hydrogen-bond donors (Lipinski definition) is 2. The van der Waals surface area contributed by atoms with Crippen LogP contribution in [0.5, 0.6) is 0 Å². The summed E-state index contributed by atoms with van der Waals surface area (Å²) in [5.41, 5.74) is -1.14. The summed E-state index contributed by atoms with van der Waals surface area (Å²) >= 11 is 0. The average Bonchev–Trinajstić information content (AvgIpc) is 2.38. The lowest BCUT2D eigenvalue weighted by molar-refractivity contribution is -0.0514. The van der Waals surface area contributed by atoms with Crippen LogP contribution in [0, 0.1) is 0 Å². The summed E-state index contributed by atoms with van der Waals surface area (Å²) in [6.45, 7) is 11.4. The fourth-order valence-corrected chi connectivity index (χ4v) is 2.88. The number of likely N-dealkylation sites (tertiary alicyclic amines) is 1. The van der Waals surface area contributed by atoms with E-state index in [0.29, 0.717) is 32.5 Å². The van der Waals surface area contributed by atoms with Crippen molar-refractivity contribution in [3.63, 3.8) is 0 Å². The zero-order chi connectivity index (χ0) is 15.5. The number of carbonyl (C=O) groups is 1. The van der Waals surface area contributed by atoms with E-state index in [9.17, 15) is 9.90 Å². The highest BCUT2D eigenvalue weighted by Gasteiger charge is 2.36. The number of ether oxygens (including phenoxy) is 1. The molecule has 0 aromatic heterocycles. The predicted molar refractivity (Wildman–Crippen MR) is 81.3 cm³/mol. The topological polar surface area (TPSA) is 65.0 Å². The second-order valence-corrected chi connectivity index (χ2v) is 7.22. The molecule has 0 spiro atoms. The first-order valence-corrected chi connectivity index (χ1v) is 7.91. The highest BCUT2D eigenvalue weighted by Crippen LogP contribution is 2.24. The third-order valence-corrected chi connectivity index (χ3v) is 4.07. The van der Waals surface area contributed by atoms with Gasteiger partial charge in [-0.2, -0.15) is 0 Å². The van der Waals surface area contributed by atoms with Crippen LogP contribution in [0.25, 0.3) is 0 Å². The molecule has 0 unspecified atom stereocenters. The minimum absolute atomic E-state index is 0.272. The molecule has 21 heavy (non-hydrogen) atoms. The van der Waals surface area contributed by atoms with Crippen molar-refractivity contribution >= 4 is 6.09 Å². The number of piperidine rings is 1. The molecule has 0 saturated carbocycles. The maximum atomic E-state index is 12.0. The summed E-state index contributed by atoms with van der Waals surface area (Å²) in [7, 11) is 0. The fraction of sp³-hybridized carbons (Fsp3) is 0.933. The zero-order valence-corrected chi connectivity index (χ0v) is 13.5. The maximum Gasteiger partial charge on any atom is 0.410 e. The van der Waals surface area contributed by atoms with E-state index in [0.717, 1.165) is 26.2 Å². The number of rotatable bonds is 2. The molecule has 0 aromatic rings. The predicted octanol–water partition coefficient (Wildman–Crippen LogP) is 0.654. The number of nitrogens with one attached hydrogen (secondary N) is 1. The largest absolute Gasteiger partial charge is 0.444 e. The van der Waals surface area contributed by atoms with Gasteiger partial charge in [-0.25, -0.2) is 4.79 Å². The number of nitrogens with zero attached hydrogens (tertiary/aromatic N) is 2. The Morgan fingerprint density at radius 3 is 2.29 bits per heavy atom. The summed E-state index contributed by atoms with van der Waals surface area (Å²) in [4.78, 5) is 16.0. The molecule has 0 atom stereocenters. The van der Waals surface area contributed by atoms with E-state index in [1.54, 1.807) is 4.90 Å². The molecule has 0 bridgehead atoms. The molecule has 6 heteroatoms. The summed E-state index contributed by atoms with van der Waals surface area (Å²) in [6, 6.07) is 0. The first-order chi connectivity index (χ1) is 9.77. The first kappa shape index (κ1) is 16.5. The molecule has 0 radical (unpaired) electrons. The normalized spacial score (nSPS) is 23.9. The van der Waals surface area contributed by atoms with Crippen LogP contribution in [0.1, 0.15) is 33.6 Å². The minimum Gasteiger partial charge on any atom is -0.444 e. The van der Waals surface area contributed by atoms with Crippen molar-refractivity contribution in [1.82, 2.24) is 15.1 Å². The van der Waals surface area contributed by atoms with Gasteiger partial charge in [0.15, 0.2) is 0 Å². The second kappa shape index (κ2) is 6.50. The van der Waals surface area contributed by atoms with E-state index in [4.69, 9.17) is 4.74 Å². The Hall–Kier alpha value is -0.850. The third-order valence-electron chi connectivity index (χ3n) is 4.07. The highest BCUT2D eigenvalue weighted by atomic mass is 16.6. The van der Waals surface area contributed by atoms with Crippen molar-refractivity contribution in [2.75, 3.05) is 45.8 Å². The van der Waals surface area contributed by atoms with E-state index in [2.05, 4.69) is 10.2 Å². The van der Waals surface area contributed by atoms with E-state index in [-0.39, 0.29) is 6.09 Å². The zero-order valence-electron chi connectivity index (χ0n) is 13.5. The Morgan fingerprint density at radius 1 is 1.19 bits per heavy atom. The van der Waals surface area contributed by atoms with Crippen LogP contribution in [-0.2, 0) is 4.74 Å². The number of aliphatic hydroxyl groups is 1. The van der Waals surface area contributed by atoms with Crippen LogP contribution in [0.2, 0.25) is 0 Å². The van der Waals surface area contributed by atoms with Crippen LogP contribution in [0.3, 0.4) is 0 Å². The van der Waals surface area contributed by atoms with Gasteiger partial charge in [0.2, 0.25) is 0 Å². The second-order valence-electron chi connectivity index (χ2n) is 7.22. The van der Waals surface area contributed by atoms with E-state index < -0.39 is 11.2 Å². The molecule has 2 N–H and O–H groups in total. The van der Waals surface area contributed by atoms with E-state index >= 15 is 0 Å². The molecule has 0 aliphatic carbocycles. The molecule has 2 aliphatic heterocycles.